The van der Waals surface area contributed by atoms with Crippen molar-refractivity contribution in [3.8, 4) is 0 Å². The highest BCUT2D eigenvalue weighted by molar-refractivity contribution is 6.23. The van der Waals surface area contributed by atoms with Gasteiger partial charge in [0.2, 0.25) is 0 Å². The normalized spacial score (nSPS) is 15.3. The van der Waals surface area contributed by atoms with E-state index in [0.717, 1.165) is 22.0 Å². The molecule has 6 nitrogen and oxygen atoms in total. The predicted octanol–water partition coefficient (Wildman–Crippen LogP) is 4.78. The van der Waals surface area contributed by atoms with E-state index >= 15 is 0 Å². The van der Waals surface area contributed by atoms with Gasteiger partial charge in [0, 0.05) is 38.3 Å². The maximum absolute atomic E-state index is 13.4. The van der Waals surface area contributed by atoms with Crippen LogP contribution in [0, 0.1) is 5.82 Å². The third kappa shape index (κ3) is 4.20. The molecule has 4 aromatic rings. The molecular weight excluding hydrogens is 481 g/mol. The number of piperazine rings is 1. The van der Waals surface area contributed by atoms with Gasteiger partial charge in [0.15, 0.2) is 0 Å². The number of nitrogens with zero attached hydrogens (tertiary/aromatic N) is 3. The van der Waals surface area contributed by atoms with Crippen molar-refractivity contribution in [2.75, 3.05) is 37.6 Å². The van der Waals surface area contributed by atoms with Crippen LogP contribution in [0.5, 0.6) is 0 Å². The first-order chi connectivity index (χ1) is 18.5. The molecule has 0 atom stereocenters. The van der Waals surface area contributed by atoms with Gasteiger partial charge in [-0.2, -0.15) is 0 Å². The van der Waals surface area contributed by atoms with Crippen molar-refractivity contribution in [2.45, 2.75) is 6.42 Å². The third-order valence-electron chi connectivity index (χ3n) is 7.44. The van der Waals surface area contributed by atoms with Crippen LogP contribution in [0.1, 0.15) is 36.6 Å². The molecule has 38 heavy (non-hydrogen) atoms. The van der Waals surface area contributed by atoms with Crippen molar-refractivity contribution in [3.63, 3.8) is 0 Å². The SMILES string of the molecule is O=C(c1cccc2ccccc12)N1CCN(c2cccc3c2C(=O)N(CCc2ccc(F)cc2)C3=O)CC1. The number of hydrogen-bond donors (Lipinski definition) is 0. The van der Waals surface area contributed by atoms with Crippen LogP contribution in [0.3, 0.4) is 0 Å². The molecule has 0 bridgehead atoms. The molecule has 0 aliphatic carbocycles. The number of halogens is 1. The van der Waals surface area contributed by atoms with E-state index in [1.54, 1.807) is 24.3 Å². The molecule has 6 rings (SSSR count). The predicted molar refractivity (Wildman–Crippen MR) is 144 cm³/mol. The fourth-order valence-electron chi connectivity index (χ4n) is 5.41. The van der Waals surface area contributed by atoms with E-state index in [4.69, 9.17) is 0 Å². The largest absolute Gasteiger partial charge is 0.367 e. The zero-order valence-electron chi connectivity index (χ0n) is 20.8. The Bertz CT molecular complexity index is 1550. The molecule has 0 unspecified atom stereocenters. The summed E-state index contributed by atoms with van der Waals surface area (Å²) in [6.45, 7) is 2.38. The molecule has 0 radical (unpaired) electrons. The van der Waals surface area contributed by atoms with Crippen LogP contribution in [0.15, 0.2) is 84.9 Å². The Hall–Kier alpha value is -4.52. The Morgan fingerprint density at radius 3 is 2.26 bits per heavy atom. The van der Waals surface area contributed by atoms with Gasteiger partial charge in [-0.1, -0.05) is 54.6 Å². The Morgan fingerprint density at radius 1 is 0.763 bits per heavy atom. The second-order valence-electron chi connectivity index (χ2n) is 9.64. The minimum atomic E-state index is -0.321. The van der Waals surface area contributed by atoms with Crippen LogP contribution in [0.2, 0.25) is 0 Å². The summed E-state index contributed by atoms with van der Waals surface area (Å²) in [7, 11) is 0. The van der Waals surface area contributed by atoms with Gasteiger partial charge in [-0.15, -0.1) is 0 Å². The van der Waals surface area contributed by atoms with Crippen LogP contribution in [0.4, 0.5) is 10.1 Å². The van der Waals surface area contributed by atoms with Crippen molar-refractivity contribution in [3.05, 3.63) is 113 Å². The fraction of sp³-hybridized carbons (Fsp3) is 0.194. The van der Waals surface area contributed by atoms with Crippen LogP contribution in [-0.2, 0) is 6.42 Å². The van der Waals surface area contributed by atoms with Gasteiger partial charge >= 0.3 is 0 Å². The summed E-state index contributed by atoms with van der Waals surface area (Å²) in [4.78, 5) is 45.1. The lowest BCUT2D eigenvalue weighted by atomic mass is 10.0. The van der Waals surface area contributed by atoms with E-state index < -0.39 is 0 Å². The lowest BCUT2D eigenvalue weighted by Gasteiger charge is -2.37. The highest BCUT2D eigenvalue weighted by atomic mass is 19.1. The summed E-state index contributed by atoms with van der Waals surface area (Å²) < 4.78 is 13.2. The number of fused-ring (bicyclic) bond motifs is 2. The lowest BCUT2D eigenvalue weighted by Crippen LogP contribution is -2.49. The van der Waals surface area contributed by atoms with Crippen molar-refractivity contribution >= 4 is 34.2 Å². The summed E-state index contributed by atoms with van der Waals surface area (Å²) in [5.41, 5.74) is 3.10. The minimum absolute atomic E-state index is 0.00189. The average Bonchev–Trinajstić information content (AvgIpc) is 3.21. The van der Waals surface area contributed by atoms with Crippen molar-refractivity contribution < 1.29 is 18.8 Å². The quantitative estimate of drug-likeness (QED) is 0.365. The maximum Gasteiger partial charge on any atom is 0.263 e. The van der Waals surface area contributed by atoms with E-state index in [0.29, 0.717) is 49.3 Å². The number of rotatable bonds is 5. The second kappa shape index (κ2) is 9.74. The number of carbonyl (C=O) groups excluding carboxylic acids is 3. The molecule has 0 saturated carbocycles. The maximum atomic E-state index is 13.4. The fourth-order valence-corrected chi connectivity index (χ4v) is 5.41. The van der Waals surface area contributed by atoms with Gasteiger partial charge in [-0.25, -0.2) is 4.39 Å². The first-order valence-electron chi connectivity index (χ1n) is 12.8. The average molecular weight is 508 g/mol. The summed E-state index contributed by atoms with van der Waals surface area (Å²) in [6, 6.07) is 25.1. The molecule has 0 N–H and O–H groups in total. The first kappa shape index (κ1) is 23.9. The molecule has 3 amide bonds. The van der Waals surface area contributed by atoms with Gasteiger partial charge in [-0.05, 0) is 53.1 Å². The van der Waals surface area contributed by atoms with E-state index in [1.165, 1.54) is 17.0 Å². The number of carbonyl (C=O) groups is 3. The van der Waals surface area contributed by atoms with Gasteiger partial charge in [0.05, 0.1) is 16.8 Å². The first-order valence-corrected chi connectivity index (χ1v) is 12.8. The summed E-state index contributed by atoms with van der Waals surface area (Å²) in [5, 5.41) is 1.97. The highest BCUT2D eigenvalue weighted by Crippen LogP contribution is 2.33. The summed E-state index contributed by atoms with van der Waals surface area (Å²) >= 11 is 0. The highest BCUT2D eigenvalue weighted by Gasteiger charge is 2.38. The van der Waals surface area contributed by atoms with E-state index in [-0.39, 0.29) is 30.1 Å². The minimum Gasteiger partial charge on any atom is -0.367 e. The number of hydrogen-bond acceptors (Lipinski definition) is 4. The monoisotopic (exact) mass is 507 g/mol. The molecule has 1 fully saturated rings. The van der Waals surface area contributed by atoms with E-state index in [9.17, 15) is 18.8 Å². The summed E-state index contributed by atoms with van der Waals surface area (Å²) in [5.74, 6) is -0.938. The molecule has 7 heteroatoms. The van der Waals surface area contributed by atoms with Crippen LogP contribution in [0.25, 0.3) is 10.8 Å². The van der Waals surface area contributed by atoms with Gasteiger partial charge in [-0.3, -0.25) is 19.3 Å². The Balaban J connectivity index is 1.17. The molecule has 1 saturated heterocycles. The second-order valence-corrected chi connectivity index (χ2v) is 9.64. The van der Waals surface area contributed by atoms with Crippen molar-refractivity contribution in [2.24, 2.45) is 0 Å². The zero-order valence-corrected chi connectivity index (χ0v) is 20.8. The van der Waals surface area contributed by atoms with E-state index in [2.05, 4.69) is 4.90 Å². The van der Waals surface area contributed by atoms with E-state index in [1.807, 2.05) is 53.4 Å². The number of benzene rings is 4. The molecule has 0 spiro atoms. The molecule has 2 aliphatic heterocycles. The van der Waals surface area contributed by atoms with Crippen molar-refractivity contribution in [1.29, 1.82) is 0 Å². The standard InChI is InChI=1S/C31H26FN3O3/c32-23-13-11-21(12-14-23)15-16-35-30(37)26-9-4-10-27(28(26)31(35)38)33-17-19-34(20-18-33)29(36)25-8-3-6-22-5-1-2-7-24(22)25/h1-14H,15-20H2. The molecule has 0 aromatic heterocycles. The van der Waals surface area contributed by atoms with Gasteiger partial charge < -0.3 is 9.80 Å². The zero-order chi connectivity index (χ0) is 26.2. The third-order valence-corrected chi connectivity index (χ3v) is 7.44. The van der Waals surface area contributed by atoms with Crippen LogP contribution < -0.4 is 4.90 Å². The Labute approximate surface area is 219 Å². The molecular formula is C31H26FN3O3. The molecule has 190 valence electrons. The molecule has 2 aliphatic rings. The van der Waals surface area contributed by atoms with Gasteiger partial charge in [0.1, 0.15) is 5.82 Å². The van der Waals surface area contributed by atoms with Gasteiger partial charge in [0.25, 0.3) is 17.7 Å². The number of imide groups is 1. The summed E-state index contributed by atoms with van der Waals surface area (Å²) in [6.07, 6.45) is 0.454. The lowest BCUT2D eigenvalue weighted by molar-refractivity contribution is 0.0654. The molecule has 2 heterocycles. The number of amides is 3. The topological polar surface area (TPSA) is 60.9 Å². The van der Waals surface area contributed by atoms with Crippen LogP contribution in [-0.4, -0.2) is 60.2 Å². The Kier molecular flexibility index (Phi) is 6.12. The Morgan fingerprint density at radius 2 is 1.47 bits per heavy atom. The van der Waals surface area contributed by atoms with Crippen molar-refractivity contribution in [1.82, 2.24) is 9.80 Å². The molecule has 4 aromatic carbocycles. The smallest absolute Gasteiger partial charge is 0.263 e. The van der Waals surface area contributed by atoms with Crippen LogP contribution >= 0.6 is 0 Å². The number of anilines is 1.